The van der Waals surface area contributed by atoms with Gasteiger partial charge in [0.25, 0.3) is 0 Å². The number of carbonyl (C=O) groups is 1. The number of rotatable bonds is 3. The third kappa shape index (κ3) is 2.58. The molecule has 0 saturated carbocycles. The maximum atomic E-state index is 13.9. The van der Waals surface area contributed by atoms with Crippen LogP contribution in [-0.2, 0) is 17.5 Å². The molecule has 2 aromatic rings. The van der Waals surface area contributed by atoms with Crippen molar-refractivity contribution in [1.29, 1.82) is 0 Å². The second kappa shape index (κ2) is 4.87. The van der Waals surface area contributed by atoms with E-state index < -0.39 is 41.5 Å². The lowest BCUT2D eigenvalue weighted by Gasteiger charge is -2.10. The molecule has 2 rings (SSSR count). The lowest BCUT2D eigenvalue weighted by Crippen LogP contribution is -2.13. The summed E-state index contributed by atoms with van der Waals surface area (Å²) in [6.07, 6.45) is -4.87. The molecule has 6 nitrogen and oxygen atoms in total. The molecule has 1 heterocycles. The van der Waals surface area contributed by atoms with Crippen LogP contribution in [-0.4, -0.2) is 31.3 Å². The van der Waals surface area contributed by atoms with Gasteiger partial charge in [-0.2, -0.15) is 13.2 Å². The Morgan fingerprint density at radius 1 is 1.35 bits per heavy atom. The third-order valence-electron chi connectivity index (χ3n) is 2.36. The van der Waals surface area contributed by atoms with Gasteiger partial charge in [-0.1, -0.05) is 6.07 Å². The van der Waals surface area contributed by atoms with Gasteiger partial charge in [-0.05, 0) is 22.6 Å². The molecule has 0 saturated heterocycles. The first-order valence-electron chi connectivity index (χ1n) is 5.14. The van der Waals surface area contributed by atoms with Crippen LogP contribution in [0.15, 0.2) is 18.2 Å². The zero-order chi connectivity index (χ0) is 14.9. The van der Waals surface area contributed by atoms with Crippen molar-refractivity contribution >= 4 is 5.97 Å². The molecule has 0 amide bonds. The first-order valence-corrected chi connectivity index (χ1v) is 5.14. The molecule has 1 N–H and O–H groups in total. The van der Waals surface area contributed by atoms with Crippen molar-refractivity contribution in [3.05, 3.63) is 29.6 Å². The highest BCUT2D eigenvalue weighted by molar-refractivity contribution is 5.68. The van der Waals surface area contributed by atoms with E-state index in [9.17, 15) is 22.4 Å². The summed E-state index contributed by atoms with van der Waals surface area (Å²) in [4.78, 5) is 10.6. The normalized spacial score (nSPS) is 11.6. The molecule has 0 aliphatic carbocycles. The fraction of sp³-hybridized carbons (Fsp3) is 0.200. The average Bonchev–Trinajstić information content (AvgIpc) is 2.75. The van der Waals surface area contributed by atoms with Crippen LogP contribution in [0, 0.1) is 5.82 Å². The van der Waals surface area contributed by atoms with Crippen molar-refractivity contribution in [2.45, 2.75) is 12.7 Å². The highest BCUT2D eigenvalue weighted by Gasteiger charge is 2.35. The third-order valence-corrected chi connectivity index (χ3v) is 2.36. The number of aliphatic carboxylic acids is 1. The fourth-order valence-electron chi connectivity index (χ4n) is 1.56. The molecule has 0 fully saturated rings. The van der Waals surface area contributed by atoms with Gasteiger partial charge >= 0.3 is 12.1 Å². The van der Waals surface area contributed by atoms with Crippen LogP contribution in [0.5, 0.6) is 0 Å². The van der Waals surface area contributed by atoms with E-state index in [1.807, 2.05) is 0 Å². The SMILES string of the molecule is O=C(O)Cn1nnnc1-c1cccc(C(F)(F)F)c1F. The van der Waals surface area contributed by atoms with Gasteiger partial charge in [-0.3, -0.25) is 4.79 Å². The molecule has 0 aliphatic rings. The minimum Gasteiger partial charge on any atom is -0.480 e. The van der Waals surface area contributed by atoms with E-state index >= 15 is 0 Å². The quantitative estimate of drug-likeness (QED) is 0.868. The molecule has 20 heavy (non-hydrogen) atoms. The number of halogens is 4. The van der Waals surface area contributed by atoms with E-state index in [0.29, 0.717) is 10.7 Å². The molecule has 1 aromatic carbocycles. The van der Waals surface area contributed by atoms with Crippen LogP contribution >= 0.6 is 0 Å². The zero-order valence-electron chi connectivity index (χ0n) is 9.60. The van der Waals surface area contributed by atoms with Crippen LogP contribution < -0.4 is 0 Å². The summed E-state index contributed by atoms with van der Waals surface area (Å²) < 4.78 is 52.3. The van der Waals surface area contributed by atoms with Crippen molar-refractivity contribution in [2.75, 3.05) is 0 Å². The number of tetrazole rings is 1. The molecular weight excluding hydrogens is 284 g/mol. The van der Waals surface area contributed by atoms with Gasteiger partial charge in [0, 0.05) is 0 Å². The van der Waals surface area contributed by atoms with Crippen molar-refractivity contribution in [3.63, 3.8) is 0 Å². The van der Waals surface area contributed by atoms with Gasteiger partial charge in [0.2, 0.25) is 0 Å². The maximum Gasteiger partial charge on any atom is 0.419 e. The molecule has 106 valence electrons. The Kier molecular flexibility index (Phi) is 3.38. The van der Waals surface area contributed by atoms with E-state index in [0.717, 1.165) is 12.1 Å². The summed E-state index contributed by atoms with van der Waals surface area (Å²) >= 11 is 0. The Hall–Kier alpha value is -2.52. The molecule has 0 spiro atoms. The van der Waals surface area contributed by atoms with Gasteiger partial charge in [0.15, 0.2) is 5.82 Å². The summed E-state index contributed by atoms with van der Waals surface area (Å²) in [6, 6.07) is 2.60. The number of aromatic nitrogens is 4. The molecule has 0 aliphatic heterocycles. The highest BCUT2D eigenvalue weighted by Crippen LogP contribution is 2.34. The van der Waals surface area contributed by atoms with Gasteiger partial charge in [0.1, 0.15) is 12.4 Å². The minimum atomic E-state index is -4.87. The van der Waals surface area contributed by atoms with Crippen molar-refractivity contribution < 1.29 is 27.5 Å². The zero-order valence-corrected chi connectivity index (χ0v) is 9.60. The number of nitrogens with zero attached hydrogens (tertiary/aromatic N) is 4. The van der Waals surface area contributed by atoms with Crippen molar-refractivity contribution in [1.82, 2.24) is 20.2 Å². The van der Waals surface area contributed by atoms with Crippen molar-refractivity contribution in [3.8, 4) is 11.4 Å². The maximum absolute atomic E-state index is 13.9. The predicted octanol–water partition coefficient (Wildman–Crippen LogP) is 1.58. The summed E-state index contributed by atoms with van der Waals surface area (Å²) in [6.45, 7) is -0.696. The molecule has 1 aromatic heterocycles. The van der Waals surface area contributed by atoms with Gasteiger partial charge in [-0.25, -0.2) is 9.07 Å². The monoisotopic (exact) mass is 290 g/mol. The molecule has 0 radical (unpaired) electrons. The molecule has 0 bridgehead atoms. The van der Waals surface area contributed by atoms with Crippen LogP contribution in [0.2, 0.25) is 0 Å². The second-order valence-corrected chi connectivity index (χ2v) is 3.72. The summed E-state index contributed by atoms with van der Waals surface area (Å²) in [5, 5.41) is 18.4. The van der Waals surface area contributed by atoms with E-state index in [2.05, 4.69) is 15.5 Å². The number of benzene rings is 1. The highest BCUT2D eigenvalue weighted by atomic mass is 19.4. The molecular formula is C10H6F4N4O2. The standard InChI is InChI=1S/C10H6F4N4O2/c11-8-5(2-1-3-6(8)10(12,13)14)9-15-16-17-18(9)4-7(19)20/h1-3H,4H2,(H,19,20). The van der Waals surface area contributed by atoms with Gasteiger partial charge in [0.05, 0.1) is 11.1 Å². The number of carboxylic acid groups (broad SMARTS) is 1. The first kappa shape index (κ1) is 13.9. The lowest BCUT2D eigenvalue weighted by molar-refractivity contribution is -0.140. The smallest absolute Gasteiger partial charge is 0.419 e. The number of hydrogen-bond acceptors (Lipinski definition) is 4. The molecule has 0 unspecified atom stereocenters. The number of carboxylic acids is 1. The largest absolute Gasteiger partial charge is 0.480 e. The predicted molar refractivity (Wildman–Crippen MR) is 55.8 cm³/mol. The average molecular weight is 290 g/mol. The lowest BCUT2D eigenvalue weighted by atomic mass is 10.1. The molecule has 10 heteroatoms. The second-order valence-electron chi connectivity index (χ2n) is 3.72. The Balaban J connectivity index is 2.54. The van der Waals surface area contributed by atoms with E-state index in [4.69, 9.17) is 5.11 Å². The van der Waals surface area contributed by atoms with Crippen LogP contribution in [0.3, 0.4) is 0 Å². The topological polar surface area (TPSA) is 80.9 Å². The van der Waals surface area contributed by atoms with E-state index in [-0.39, 0.29) is 0 Å². The summed E-state index contributed by atoms with van der Waals surface area (Å²) in [7, 11) is 0. The number of alkyl halides is 3. The van der Waals surface area contributed by atoms with Crippen molar-refractivity contribution in [2.24, 2.45) is 0 Å². The first-order chi connectivity index (χ1) is 9.30. The number of hydrogen-bond donors (Lipinski definition) is 1. The summed E-state index contributed by atoms with van der Waals surface area (Å²) in [5.41, 5.74) is -1.99. The Morgan fingerprint density at radius 3 is 2.65 bits per heavy atom. The van der Waals surface area contributed by atoms with Gasteiger partial charge < -0.3 is 5.11 Å². The Labute approximate surface area is 108 Å². The summed E-state index contributed by atoms with van der Waals surface area (Å²) in [5.74, 6) is -3.26. The van der Waals surface area contributed by atoms with Crippen LogP contribution in [0.25, 0.3) is 11.4 Å². The Bertz CT molecular complexity index is 653. The minimum absolute atomic E-state index is 0.393. The fourth-order valence-corrected chi connectivity index (χ4v) is 1.56. The van der Waals surface area contributed by atoms with Gasteiger partial charge in [-0.15, -0.1) is 5.10 Å². The Morgan fingerprint density at radius 2 is 2.05 bits per heavy atom. The van der Waals surface area contributed by atoms with Crippen LogP contribution in [0.1, 0.15) is 5.56 Å². The molecule has 0 atom stereocenters. The van der Waals surface area contributed by atoms with E-state index in [1.165, 1.54) is 0 Å². The van der Waals surface area contributed by atoms with Crippen LogP contribution in [0.4, 0.5) is 17.6 Å². The van der Waals surface area contributed by atoms with E-state index in [1.54, 1.807) is 0 Å².